The Kier molecular flexibility index (Phi) is 3.19. The fourth-order valence-corrected chi connectivity index (χ4v) is 3.16. The van der Waals surface area contributed by atoms with Gasteiger partial charge in [0.1, 0.15) is 11.5 Å². The number of nitrogens with zero attached hydrogens (tertiary/aromatic N) is 6. The van der Waals surface area contributed by atoms with Gasteiger partial charge in [-0.1, -0.05) is 0 Å². The maximum Gasteiger partial charge on any atom is 0.269 e. The molecule has 3 aromatic rings. The molecule has 128 valence electrons. The molecule has 1 aliphatic heterocycles. The highest BCUT2D eigenvalue weighted by atomic mass is 16.1. The minimum absolute atomic E-state index is 0.117. The number of aromatic nitrogens is 6. The van der Waals surface area contributed by atoms with Gasteiger partial charge in [-0.05, 0) is 25.0 Å². The first-order valence-corrected chi connectivity index (χ1v) is 8.52. The van der Waals surface area contributed by atoms with E-state index in [2.05, 4.69) is 30.4 Å². The van der Waals surface area contributed by atoms with E-state index in [0.29, 0.717) is 24.1 Å². The second kappa shape index (κ2) is 5.54. The number of hydrogen-bond acceptors (Lipinski definition) is 6. The molecule has 9 heteroatoms. The third kappa shape index (κ3) is 2.61. The second-order valence-electron chi connectivity index (χ2n) is 6.74. The zero-order chi connectivity index (χ0) is 16.8. The average Bonchev–Trinajstić information content (AvgIpc) is 3.11. The fraction of sp³-hybridized carbons (Fsp3) is 0.438. The van der Waals surface area contributed by atoms with Gasteiger partial charge in [0.15, 0.2) is 11.5 Å². The molecule has 0 aromatic carbocycles. The molecule has 9 nitrogen and oxygen atoms in total. The first-order valence-electron chi connectivity index (χ1n) is 8.52. The van der Waals surface area contributed by atoms with Crippen LogP contribution in [-0.4, -0.2) is 55.3 Å². The molecule has 4 heterocycles. The standard InChI is InChI=1S/C16H18N8O/c25-16(12-6-17-9-19-12)18-5-10-7-23(8-10)14-4-3-13-20-21-15(11-1-2-11)24(13)22-14/h3-4,6,9-11H,1-2,5,7-8H2,(H,17,19)(H,18,25). The predicted octanol–water partition coefficient (Wildman–Crippen LogP) is 0.591. The van der Waals surface area contributed by atoms with Crippen molar-refractivity contribution >= 4 is 17.4 Å². The summed E-state index contributed by atoms with van der Waals surface area (Å²) in [6.07, 6.45) is 5.38. The number of hydrogen-bond donors (Lipinski definition) is 2. The van der Waals surface area contributed by atoms with Gasteiger partial charge in [0.25, 0.3) is 5.91 Å². The summed E-state index contributed by atoms with van der Waals surface area (Å²) in [4.78, 5) is 20.8. The van der Waals surface area contributed by atoms with Crippen LogP contribution < -0.4 is 10.2 Å². The molecule has 0 bridgehead atoms. The molecule has 5 rings (SSSR count). The molecule has 0 spiro atoms. The lowest BCUT2D eigenvalue weighted by atomic mass is 10.0. The Morgan fingerprint density at radius 3 is 2.92 bits per heavy atom. The minimum Gasteiger partial charge on any atom is -0.354 e. The van der Waals surface area contributed by atoms with E-state index in [1.54, 1.807) is 0 Å². The molecule has 2 aliphatic rings. The molecule has 1 aliphatic carbocycles. The Balaban J connectivity index is 1.21. The summed E-state index contributed by atoms with van der Waals surface area (Å²) in [6.45, 7) is 2.40. The number of aromatic amines is 1. The van der Waals surface area contributed by atoms with Crippen LogP contribution in [-0.2, 0) is 0 Å². The molecule has 1 amide bonds. The number of H-pyrrole nitrogens is 1. The highest BCUT2D eigenvalue weighted by Crippen LogP contribution is 2.38. The predicted molar refractivity (Wildman–Crippen MR) is 89.4 cm³/mol. The van der Waals surface area contributed by atoms with Crippen molar-refractivity contribution in [2.24, 2.45) is 5.92 Å². The largest absolute Gasteiger partial charge is 0.354 e. The summed E-state index contributed by atoms with van der Waals surface area (Å²) >= 11 is 0. The lowest BCUT2D eigenvalue weighted by Gasteiger charge is -2.40. The highest BCUT2D eigenvalue weighted by molar-refractivity contribution is 5.91. The number of fused-ring (bicyclic) bond motifs is 1. The van der Waals surface area contributed by atoms with Crippen LogP contribution in [0, 0.1) is 5.92 Å². The van der Waals surface area contributed by atoms with Crippen molar-refractivity contribution in [3.8, 4) is 0 Å². The zero-order valence-corrected chi connectivity index (χ0v) is 13.6. The average molecular weight is 338 g/mol. The van der Waals surface area contributed by atoms with Gasteiger partial charge in [0.2, 0.25) is 0 Å². The SMILES string of the molecule is O=C(NCC1CN(c2ccc3nnc(C4CC4)n3n2)C1)c1cnc[nH]1. The van der Waals surface area contributed by atoms with Gasteiger partial charge < -0.3 is 15.2 Å². The Bertz CT molecular complexity index is 908. The van der Waals surface area contributed by atoms with Crippen LogP contribution in [0.2, 0.25) is 0 Å². The fourth-order valence-electron chi connectivity index (χ4n) is 3.16. The van der Waals surface area contributed by atoms with Crippen molar-refractivity contribution in [1.29, 1.82) is 0 Å². The molecule has 0 atom stereocenters. The first kappa shape index (κ1) is 14.4. The Morgan fingerprint density at radius 1 is 1.28 bits per heavy atom. The van der Waals surface area contributed by atoms with E-state index in [9.17, 15) is 4.79 Å². The molecule has 1 saturated heterocycles. The second-order valence-corrected chi connectivity index (χ2v) is 6.74. The minimum atomic E-state index is -0.117. The van der Waals surface area contributed by atoms with Crippen molar-refractivity contribution in [3.63, 3.8) is 0 Å². The van der Waals surface area contributed by atoms with Gasteiger partial charge >= 0.3 is 0 Å². The van der Waals surface area contributed by atoms with Crippen molar-refractivity contribution in [1.82, 2.24) is 35.1 Å². The molecular formula is C16H18N8O. The van der Waals surface area contributed by atoms with Crippen LogP contribution in [0.4, 0.5) is 5.82 Å². The van der Waals surface area contributed by atoms with Crippen LogP contribution in [0.25, 0.3) is 5.65 Å². The molecule has 25 heavy (non-hydrogen) atoms. The van der Waals surface area contributed by atoms with Gasteiger partial charge in [-0.25, -0.2) is 4.98 Å². The van der Waals surface area contributed by atoms with E-state index in [-0.39, 0.29) is 5.91 Å². The summed E-state index contributed by atoms with van der Waals surface area (Å²) < 4.78 is 1.88. The first-order chi connectivity index (χ1) is 12.3. The molecule has 2 N–H and O–H groups in total. The monoisotopic (exact) mass is 338 g/mol. The topological polar surface area (TPSA) is 104 Å². The maximum absolute atomic E-state index is 11.9. The van der Waals surface area contributed by atoms with Crippen LogP contribution in [0.3, 0.4) is 0 Å². The van der Waals surface area contributed by atoms with Crippen LogP contribution >= 0.6 is 0 Å². The summed E-state index contributed by atoms with van der Waals surface area (Å²) in [5, 5.41) is 16.1. The molecule has 1 saturated carbocycles. The zero-order valence-electron chi connectivity index (χ0n) is 13.6. The van der Waals surface area contributed by atoms with Crippen LogP contribution in [0.1, 0.15) is 35.1 Å². The van der Waals surface area contributed by atoms with Crippen molar-refractivity contribution in [2.45, 2.75) is 18.8 Å². The Hall–Kier alpha value is -2.97. The van der Waals surface area contributed by atoms with Gasteiger partial charge in [0.05, 0.1) is 12.5 Å². The third-order valence-corrected chi connectivity index (χ3v) is 4.79. The van der Waals surface area contributed by atoms with Gasteiger partial charge in [-0.15, -0.1) is 15.3 Å². The lowest BCUT2D eigenvalue weighted by molar-refractivity contribution is 0.0940. The number of carbonyl (C=O) groups excluding carboxylic acids is 1. The van der Waals surface area contributed by atoms with Crippen molar-refractivity contribution < 1.29 is 4.79 Å². The summed E-state index contributed by atoms with van der Waals surface area (Å²) in [5.74, 6) is 2.73. The number of imidazole rings is 1. The van der Waals surface area contributed by atoms with E-state index in [0.717, 1.165) is 30.4 Å². The van der Waals surface area contributed by atoms with Gasteiger partial charge in [-0.3, -0.25) is 4.79 Å². The summed E-state index contributed by atoms with van der Waals surface area (Å²) in [6, 6.07) is 3.95. The number of rotatable bonds is 5. The summed E-state index contributed by atoms with van der Waals surface area (Å²) in [7, 11) is 0. The smallest absolute Gasteiger partial charge is 0.269 e. The molecule has 3 aromatic heterocycles. The number of amides is 1. The van der Waals surface area contributed by atoms with Crippen LogP contribution in [0.15, 0.2) is 24.7 Å². The van der Waals surface area contributed by atoms with Gasteiger partial charge in [0, 0.05) is 31.5 Å². The van der Waals surface area contributed by atoms with Crippen molar-refractivity contribution in [2.75, 3.05) is 24.5 Å². The molecule has 0 unspecified atom stereocenters. The number of carbonyl (C=O) groups is 1. The highest BCUT2D eigenvalue weighted by Gasteiger charge is 2.31. The van der Waals surface area contributed by atoms with E-state index in [1.807, 2.05) is 16.6 Å². The lowest BCUT2D eigenvalue weighted by Crippen LogP contribution is -2.52. The van der Waals surface area contributed by atoms with E-state index in [4.69, 9.17) is 5.10 Å². The number of anilines is 1. The van der Waals surface area contributed by atoms with E-state index < -0.39 is 0 Å². The van der Waals surface area contributed by atoms with Crippen LogP contribution in [0.5, 0.6) is 0 Å². The normalized spacial score (nSPS) is 17.7. The Labute approximate surface area is 143 Å². The summed E-state index contributed by atoms with van der Waals surface area (Å²) in [5.41, 5.74) is 1.29. The Morgan fingerprint density at radius 2 is 2.16 bits per heavy atom. The third-order valence-electron chi connectivity index (χ3n) is 4.79. The molecule has 2 fully saturated rings. The molecular weight excluding hydrogens is 320 g/mol. The van der Waals surface area contributed by atoms with Gasteiger partial charge in [-0.2, -0.15) is 4.52 Å². The van der Waals surface area contributed by atoms with E-state index in [1.165, 1.54) is 25.4 Å². The van der Waals surface area contributed by atoms with E-state index >= 15 is 0 Å². The number of nitrogens with one attached hydrogen (secondary N) is 2. The molecule has 0 radical (unpaired) electrons. The quantitative estimate of drug-likeness (QED) is 0.706. The van der Waals surface area contributed by atoms with Crippen molar-refractivity contribution in [3.05, 3.63) is 36.2 Å². The maximum atomic E-state index is 11.9.